The Labute approximate surface area is 95.6 Å². The fourth-order valence-corrected chi connectivity index (χ4v) is 2.01. The number of aliphatic hydroxyl groups excluding tert-OH is 1. The van der Waals surface area contributed by atoms with Crippen LogP contribution in [0.3, 0.4) is 0 Å². The Morgan fingerprint density at radius 2 is 2.25 bits per heavy atom. The second-order valence-corrected chi connectivity index (χ2v) is 4.68. The Kier molecular flexibility index (Phi) is 5.58. The molecule has 1 rings (SSSR count). The molecule has 0 bridgehead atoms. The molecule has 0 amide bonds. The Morgan fingerprint density at radius 3 is 2.81 bits per heavy atom. The molecule has 96 valence electrons. The van der Waals surface area contributed by atoms with E-state index in [1.807, 2.05) is 6.92 Å². The summed E-state index contributed by atoms with van der Waals surface area (Å²) in [4.78, 5) is 0. The summed E-state index contributed by atoms with van der Waals surface area (Å²) in [5.74, 6) is -3.01. The first-order valence-electron chi connectivity index (χ1n) is 5.99. The van der Waals surface area contributed by atoms with Crippen molar-refractivity contribution in [2.75, 3.05) is 19.7 Å². The Bertz CT molecular complexity index is 196. The van der Waals surface area contributed by atoms with E-state index in [9.17, 15) is 8.78 Å². The van der Waals surface area contributed by atoms with E-state index in [1.54, 1.807) is 0 Å². The average Bonchev–Trinajstić information content (AvgIpc) is 2.28. The largest absolute Gasteiger partial charge is 0.390 e. The molecule has 5 heteroatoms. The van der Waals surface area contributed by atoms with Crippen LogP contribution in [-0.2, 0) is 0 Å². The summed E-state index contributed by atoms with van der Waals surface area (Å²) in [5.41, 5.74) is 0. The lowest BCUT2D eigenvalue weighted by Gasteiger charge is -2.27. The van der Waals surface area contributed by atoms with E-state index in [0.29, 0.717) is 6.04 Å². The van der Waals surface area contributed by atoms with Gasteiger partial charge >= 0.3 is 0 Å². The molecule has 0 saturated carbocycles. The Hall–Kier alpha value is -0.260. The molecule has 1 fully saturated rings. The van der Waals surface area contributed by atoms with Crippen LogP contribution in [-0.4, -0.2) is 42.8 Å². The molecular weight excluding hydrogens is 214 g/mol. The number of piperidine rings is 1. The van der Waals surface area contributed by atoms with Crippen molar-refractivity contribution in [3.8, 4) is 0 Å². The second kappa shape index (κ2) is 6.47. The highest BCUT2D eigenvalue weighted by Gasteiger charge is 2.28. The van der Waals surface area contributed by atoms with Crippen LogP contribution in [0.1, 0.15) is 32.6 Å². The fraction of sp³-hybridized carbons (Fsp3) is 1.00. The highest BCUT2D eigenvalue weighted by molar-refractivity contribution is 4.78. The molecule has 1 saturated heterocycles. The molecule has 1 heterocycles. The lowest BCUT2D eigenvalue weighted by atomic mass is 9.99. The Balaban J connectivity index is 2.17. The topological polar surface area (TPSA) is 44.3 Å². The van der Waals surface area contributed by atoms with Crippen LogP contribution in [0.4, 0.5) is 8.78 Å². The molecule has 0 aromatic heterocycles. The van der Waals surface area contributed by atoms with E-state index >= 15 is 0 Å². The van der Waals surface area contributed by atoms with Crippen molar-refractivity contribution in [1.82, 2.24) is 10.6 Å². The van der Waals surface area contributed by atoms with Gasteiger partial charge in [-0.1, -0.05) is 6.42 Å². The van der Waals surface area contributed by atoms with Gasteiger partial charge in [0.05, 0.1) is 6.54 Å². The quantitative estimate of drug-likeness (QED) is 0.647. The summed E-state index contributed by atoms with van der Waals surface area (Å²) in [6.45, 7) is 1.40. The van der Waals surface area contributed by atoms with Gasteiger partial charge in [-0.2, -0.15) is 0 Å². The first-order valence-corrected chi connectivity index (χ1v) is 5.99. The van der Waals surface area contributed by atoms with Gasteiger partial charge in [-0.25, -0.2) is 8.78 Å². The molecule has 1 aliphatic heterocycles. The van der Waals surface area contributed by atoms with Gasteiger partial charge in [-0.15, -0.1) is 0 Å². The molecule has 1 aliphatic rings. The lowest BCUT2D eigenvalue weighted by molar-refractivity contribution is -0.0493. The smallest absolute Gasteiger partial charge is 0.282 e. The number of hydrogen-bond acceptors (Lipinski definition) is 3. The molecule has 16 heavy (non-hydrogen) atoms. The van der Waals surface area contributed by atoms with Crippen molar-refractivity contribution in [3.05, 3.63) is 0 Å². The third kappa shape index (κ3) is 5.18. The molecule has 0 aromatic carbocycles. The van der Waals surface area contributed by atoms with Gasteiger partial charge in [0.2, 0.25) is 0 Å². The molecule has 0 radical (unpaired) electrons. The van der Waals surface area contributed by atoms with E-state index in [-0.39, 0.29) is 6.04 Å². The predicted octanol–water partition coefficient (Wildman–Crippen LogP) is 1.12. The lowest BCUT2D eigenvalue weighted by Crippen LogP contribution is -2.44. The molecule has 0 aromatic rings. The van der Waals surface area contributed by atoms with Crippen LogP contribution in [0.15, 0.2) is 0 Å². The zero-order chi connectivity index (χ0) is 12.0. The number of rotatable bonds is 6. The monoisotopic (exact) mass is 236 g/mol. The Morgan fingerprint density at radius 1 is 1.50 bits per heavy atom. The van der Waals surface area contributed by atoms with Crippen LogP contribution in [0.5, 0.6) is 0 Å². The molecule has 3 nitrogen and oxygen atoms in total. The van der Waals surface area contributed by atoms with E-state index < -0.39 is 19.1 Å². The third-order valence-electron chi connectivity index (χ3n) is 2.99. The normalized spacial score (nSPS) is 24.4. The number of aliphatic hydroxyl groups is 1. The summed E-state index contributed by atoms with van der Waals surface area (Å²) < 4.78 is 25.5. The summed E-state index contributed by atoms with van der Waals surface area (Å²) in [5, 5.41) is 14.6. The van der Waals surface area contributed by atoms with Crippen LogP contribution < -0.4 is 10.6 Å². The number of hydrogen-bond donors (Lipinski definition) is 3. The van der Waals surface area contributed by atoms with Crippen LogP contribution in [0.2, 0.25) is 0 Å². The van der Waals surface area contributed by atoms with Gasteiger partial charge in [0.1, 0.15) is 6.61 Å². The zero-order valence-corrected chi connectivity index (χ0v) is 9.81. The fourth-order valence-electron chi connectivity index (χ4n) is 2.01. The standard InChI is InChI=1S/C11H22F2N2O/c1-9(15-7-11(12,13)8-16)6-10-4-2-3-5-14-10/h9-10,14-16H,2-8H2,1H3. The highest BCUT2D eigenvalue weighted by atomic mass is 19.3. The van der Waals surface area contributed by atoms with Crippen molar-refractivity contribution < 1.29 is 13.9 Å². The van der Waals surface area contributed by atoms with E-state index in [0.717, 1.165) is 19.4 Å². The van der Waals surface area contributed by atoms with Crippen molar-refractivity contribution in [1.29, 1.82) is 0 Å². The van der Waals surface area contributed by atoms with Crippen molar-refractivity contribution >= 4 is 0 Å². The van der Waals surface area contributed by atoms with Gasteiger partial charge in [0, 0.05) is 12.1 Å². The van der Waals surface area contributed by atoms with Gasteiger partial charge in [-0.3, -0.25) is 0 Å². The van der Waals surface area contributed by atoms with Gasteiger partial charge < -0.3 is 15.7 Å². The minimum absolute atomic E-state index is 0.0491. The van der Waals surface area contributed by atoms with Crippen molar-refractivity contribution in [2.24, 2.45) is 0 Å². The number of nitrogens with one attached hydrogen (secondary N) is 2. The van der Waals surface area contributed by atoms with Gasteiger partial charge in [0.25, 0.3) is 5.92 Å². The predicted molar refractivity (Wildman–Crippen MR) is 59.8 cm³/mol. The molecule has 0 aliphatic carbocycles. The molecular formula is C11H22F2N2O. The van der Waals surface area contributed by atoms with Gasteiger partial charge in [0.15, 0.2) is 0 Å². The van der Waals surface area contributed by atoms with Crippen molar-refractivity contribution in [3.63, 3.8) is 0 Å². The molecule has 2 atom stereocenters. The maximum Gasteiger partial charge on any atom is 0.282 e. The minimum atomic E-state index is -3.01. The summed E-state index contributed by atoms with van der Waals surface area (Å²) in [6.07, 6.45) is 4.42. The molecule has 0 spiro atoms. The maximum absolute atomic E-state index is 12.8. The first-order chi connectivity index (χ1) is 7.53. The number of alkyl halides is 2. The minimum Gasteiger partial charge on any atom is -0.390 e. The SMILES string of the molecule is CC(CC1CCCCN1)NCC(F)(F)CO. The summed E-state index contributed by atoms with van der Waals surface area (Å²) in [7, 11) is 0. The van der Waals surface area contributed by atoms with Crippen LogP contribution in [0, 0.1) is 0 Å². The average molecular weight is 236 g/mol. The van der Waals surface area contributed by atoms with E-state index in [1.165, 1.54) is 12.8 Å². The zero-order valence-electron chi connectivity index (χ0n) is 9.81. The second-order valence-electron chi connectivity index (χ2n) is 4.68. The van der Waals surface area contributed by atoms with Crippen LogP contribution in [0.25, 0.3) is 0 Å². The van der Waals surface area contributed by atoms with Crippen molar-refractivity contribution in [2.45, 2.75) is 50.6 Å². The van der Waals surface area contributed by atoms with E-state index in [2.05, 4.69) is 10.6 Å². The molecule has 2 unspecified atom stereocenters. The maximum atomic E-state index is 12.8. The summed E-state index contributed by atoms with van der Waals surface area (Å²) >= 11 is 0. The molecule has 3 N–H and O–H groups in total. The van der Waals surface area contributed by atoms with Gasteiger partial charge in [-0.05, 0) is 32.7 Å². The van der Waals surface area contributed by atoms with Crippen LogP contribution >= 0.6 is 0 Å². The number of halogens is 2. The third-order valence-corrected chi connectivity index (χ3v) is 2.99. The van der Waals surface area contributed by atoms with E-state index in [4.69, 9.17) is 5.11 Å². The first kappa shape index (κ1) is 13.8. The highest BCUT2D eigenvalue weighted by Crippen LogP contribution is 2.14. The summed E-state index contributed by atoms with van der Waals surface area (Å²) in [6, 6.07) is 0.493.